The van der Waals surface area contributed by atoms with Crippen molar-refractivity contribution in [2.75, 3.05) is 12.0 Å². The standard InChI is InChI=1S/C13H15ClN4O2/c1-10-7-11(14)4-5-12(10)20-6-2-3-13(19)17-18-8-15-16-9-18/h4-5,7-9H,2-3,6H2,1H3,(H,17,19). The van der Waals surface area contributed by atoms with Crippen LogP contribution in [0.25, 0.3) is 0 Å². The number of carbonyl (C=O) groups is 1. The summed E-state index contributed by atoms with van der Waals surface area (Å²) < 4.78 is 7.02. The first-order valence-corrected chi connectivity index (χ1v) is 6.56. The Hall–Kier alpha value is -2.08. The Bertz CT molecular complexity index is 572. The first-order valence-electron chi connectivity index (χ1n) is 6.18. The van der Waals surface area contributed by atoms with Crippen molar-refractivity contribution < 1.29 is 9.53 Å². The number of rotatable bonds is 6. The van der Waals surface area contributed by atoms with Gasteiger partial charge in [-0.05, 0) is 37.1 Å². The van der Waals surface area contributed by atoms with Gasteiger partial charge in [-0.15, -0.1) is 10.2 Å². The highest BCUT2D eigenvalue weighted by molar-refractivity contribution is 6.30. The van der Waals surface area contributed by atoms with Crippen molar-refractivity contribution in [3.63, 3.8) is 0 Å². The van der Waals surface area contributed by atoms with Crippen LogP contribution in [0.5, 0.6) is 5.75 Å². The minimum Gasteiger partial charge on any atom is -0.493 e. The van der Waals surface area contributed by atoms with E-state index in [-0.39, 0.29) is 5.91 Å². The third-order valence-corrected chi connectivity index (χ3v) is 2.85. The molecule has 0 unspecified atom stereocenters. The minimum atomic E-state index is -0.110. The van der Waals surface area contributed by atoms with Crippen molar-refractivity contribution in [3.8, 4) is 5.75 Å². The highest BCUT2D eigenvalue weighted by Crippen LogP contribution is 2.21. The molecule has 1 N–H and O–H groups in total. The second kappa shape index (κ2) is 6.91. The number of ether oxygens (including phenoxy) is 1. The molecule has 2 rings (SSSR count). The van der Waals surface area contributed by atoms with Gasteiger partial charge in [0.15, 0.2) is 0 Å². The Kier molecular flexibility index (Phi) is 4.95. The summed E-state index contributed by atoms with van der Waals surface area (Å²) in [5.74, 6) is 0.676. The molecule has 7 heteroatoms. The van der Waals surface area contributed by atoms with E-state index in [4.69, 9.17) is 16.3 Å². The fraction of sp³-hybridized carbons (Fsp3) is 0.308. The monoisotopic (exact) mass is 294 g/mol. The SMILES string of the molecule is Cc1cc(Cl)ccc1OCCCC(=O)Nn1cnnc1. The van der Waals surface area contributed by atoms with E-state index in [0.717, 1.165) is 11.3 Å². The summed E-state index contributed by atoms with van der Waals surface area (Å²) in [4.78, 5) is 11.6. The van der Waals surface area contributed by atoms with Crippen molar-refractivity contribution in [3.05, 3.63) is 41.4 Å². The van der Waals surface area contributed by atoms with E-state index in [0.29, 0.717) is 24.5 Å². The van der Waals surface area contributed by atoms with Gasteiger partial charge in [0, 0.05) is 11.4 Å². The molecule has 0 saturated heterocycles. The van der Waals surface area contributed by atoms with Crippen LogP contribution in [0.15, 0.2) is 30.9 Å². The molecule has 0 radical (unpaired) electrons. The topological polar surface area (TPSA) is 69.0 Å². The van der Waals surface area contributed by atoms with Gasteiger partial charge >= 0.3 is 0 Å². The van der Waals surface area contributed by atoms with Gasteiger partial charge in [0.25, 0.3) is 0 Å². The molecule has 0 atom stereocenters. The number of hydrogen-bond donors (Lipinski definition) is 1. The molecule has 0 aliphatic rings. The predicted octanol–water partition coefficient (Wildman–Crippen LogP) is 2.17. The van der Waals surface area contributed by atoms with E-state index in [1.807, 2.05) is 19.1 Å². The predicted molar refractivity (Wildman–Crippen MR) is 75.3 cm³/mol. The number of amides is 1. The van der Waals surface area contributed by atoms with Crippen LogP contribution in [-0.4, -0.2) is 27.4 Å². The van der Waals surface area contributed by atoms with Gasteiger partial charge in [-0.1, -0.05) is 11.6 Å². The molecule has 0 aliphatic heterocycles. The van der Waals surface area contributed by atoms with Crippen LogP contribution in [-0.2, 0) is 4.79 Å². The summed E-state index contributed by atoms with van der Waals surface area (Å²) in [6.07, 6.45) is 3.83. The lowest BCUT2D eigenvalue weighted by molar-refractivity contribution is -0.117. The number of nitrogens with zero attached hydrogens (tertiary/aromatic N) is 3. The molecule has 106 valence electrons. The molecular weight excluding hydrogens is 280 g/mol. The van der Waals surface area contributed by atoms with Crippen molar-refractivity contribution in [2.24, 2.45) is 0 Å². The number of nitrogens with one attached hydrogen (secondary N) is 1. The number of carbonyl (C=O) groups excluding carboxylic acids is 1. The number of aromatic nitrogens is 3. The number of halogens is 1. The molecule has 0 aliphatic carbocycles. The van der Waals surface area contributed by atoms with Crippen molar-refractivity contribution in [1.29, 1.82) is 0 Å². The molecule has 0 spiro atoms. The molecule has 6 nitrogen and oxygen atoms in total. The van der Waals surface area contributed by atoms with E-state index in [2.05, 4.69) is 15.6 Å². The fourth-order valence-electron chi connectivity index (χ4n) is 1.65. The van der Waals surface area contributed by atoms with Crippen LogP contribution in [0.1, 0.15) is 18.4 Å². The van der Waals surface area contributed by atoms with E-state index in [1.54, 1.807) is 6.07 Å². The van der Waals surface area contributed by atoms with E-state index in [9.17, 15) is 4.79 Å². The van der Waals surface area contributed by atoms with Crippen LogP contribution >= 0.6 is 11.6 Å². The quantitative estimate of drug-likeness (QED) is 0.829. The summed E-state index contributed by atoms with van der Waals surface area (Å²) in [6.45, 7) is 2.40. The lowest BCUT2D eigenvalue weighted by Gasteiger charge is -2.09. The number of hydrogen-bond acceptors (Lipinski definition) is 4. The van der Waals surface area contributed by atoms with Gasteiger partial charge in [0.05, 0.1) is 6.61 Å². The second-order valence-corrected chi connectivity index (χ2v) is 4.70. The van der Waals surface area contributed by atoms with Gasteiger partial charge in [-0.3, -0.25) is 10.2 Å². The smallest absolute Gasteiger partial charge is 0.239 e. The average Bonchev–Trinajstić information content (AvgIpc) is 2.89. The largest absolute Gasteiger partial charge is 0.493 e. The Morgan fingerprint density at radius 3 is 2.85 bits per heavy atom. The molecule has 0 saturated carbocycles. The highest BCUT2D eigenvalue weighted by Gasteiger charge is 2.04. The number of benzene rings is 1. The molecule has 1 amide bonds. The first-order chi connectivity index (χ1) is 9.65. The third kappa shape index (κ3) is 4.24. The van der Waals surface area contributed by atoms with Crippen molar-refractivity contribution >= 4 is 17.5 Å². The van der Waals surface area contributed by atoms with E-state index < -0.39 is 0 Å². The van der Waals surface area contributed by atoms with Crippen molar-refractivity contribution in [1.82, 2.24) is 14.9 Å². The summed E-state index contributed by atoms with van der Waals surface area (Å²) in [7, 11) is 0. The molecule has 1 aromatic carbocycles. The van der Waals surface area contributed by atoms with Gasteiger partial charge in [0.1, 0.15) is 18.4 Å². The molecule has 1 heterocycles. The maximum atomic E-state index is 11.6. The lowest BCUT2D eigenvalue weighted by Crippen LogP contribution is -2.21. The van der Waals surface area contributed by atoms with Crippen LogP contribution in [0.4, 0.5) is 0 Å². The highest BCUT2D eigenvalue weighted by atomic mass is 35.5. The maximum Gasteiger partial charge on any atom is 0.239 e. The van der Waals surface area contributed by atoms with Gasteiger partial charge < -0.3 is 4.74 Å². The zero-order valence-corrected chi connectivity index (χ0v) is 11.8. The normalized spacial score (nSPS) is 10.3. The van der Waals surface area contributed by atoms with Crippen LogP contribution in [0.2, 0.25) is 5.02 Å². The average molecular weight is 295 g/mol. The van der Waals surface area contributed by atoms with Gasteiger partial charge in [0.2, 0.25) is 5.91 Å². The molecule has 2 aromatic rings. The van der Waals surface area contributed by atoms with Crippen LogP contribution < -0.4 is 10.2 Å². The fourth-order valence-corrected chi connectivity index (χ4v) is 1.87. The zero-order chi connectivity index (χ0) is 14.4. The molecule has 1 aromatic heterocycles. The van der Waals surface area contributed by atoms with Crippen LogP contribution in [0, 0.1) is 6.92 Å². The van der Waals surface area contributed by atoms with E-state index in [1.165, 1.54) is 17.3 Å². The number of aryl methyl sites for hydroxylation is 1. The molecule has 20 heavy (non-hydrogen) atoms. The van der Waals surface area contributed by atoms with Gasteiger partial charge in [-0.25, -0.2) is 4.68 Å². The van der Waals surface area contributed by atoms with Gasteiger partial charge in [-0.2, -0.15) is 0 Å². The summed E-state index contributed by atoms with van der Waals surface area (Å²) >= 11 is 5.87. The van der Waals surface area contributed by atoms with Crippen LogP contribution in [0.3, 0.4) is 0 Å². The Labute approximate surface area is 121 Å². The third-order valence-electron chi connectivity index (χ3n) is 2.62. The van der Waals surface area contributed by atoms with E-state index >= 15 is 0 Å². The first kappa shape index (κ1) is 14.3. The summed E-state index contributed by atoms with van der Waals surface area (Å²) in [5.41, 5.74) is 3.60. The molecular formula is C13H15ClN4O2. The second-order valence-electron chi connectivity index (χ2n) is 4.27. The Balaban J connectivity index is 1.69. The molecule has 0 fully saturated rings. The lowest BCUT2D eigenvalue weighted by atomic mass is 10.2. The van der Waals surface area contributed by atoms with Crippen molar-refractivity contribution in [2.45, 2.75) is 19.8 Å². The zero-order valence-electron chi connectivity index (χ0n) is 11.0. The molecule has 0 bridgehead atoms. The summed E-state index contributed by atoms with van der Waals surface area (Å²) in [5, 5.41) is 7.87. The minimum absolute atomic E-state index is 0.110. The maximum absolute atomic E-state index is 11.6. The Morgan fingerprint density at radius 1 is 1.40 bits per heavy atom. The Morgan fingerprint density at radius 2 is 2.15 bits per heavy atom. The summed E-state index contributed by atoms with van der Waals surface area (Å²) in [6, 6.07) is 5.45.